The van der Waals surface area contributed by atoms with Gasteiger partial charge < -0.3 is 15.2 Å². The smallest absolute Gasteiger partial charge is 0.234 e. The van der Waals surface area contributed by atoms with E-state index in [-0.39, 0.29) is 11.9 Å². The van der Waals surface area contributed by atoms with Crippen molar-refractivity contribution in [3.63, 3.8) is 0 Å². The summed E-state index contributed by atoms with van der Waals surface area (Å²) in [5.74, 6) is 2.44. The summed E-state index contributed by atoms with van der Waals surface area (Å²) in [4.78, 5) is 19.4. The number of hydrogen-bond acceptors (Lipinski definition) is 4. The second-order valence-electron chi connectivity index (χ2n) is 7.53. The van der Waals surface area contributed by atoms with Crippen molar-refractivity contribution in [2.24, 2.45) is 18.9 Å². The summed E-state index contributed by atoms with van der Waals surface area (Å²) >= 11 is 0. The maximum Gasteiger partial charge on any atom is 0.234 e. The molecule has 1 aliphatic carbocycles. The lowest BCUT2D eigenvalue weighted by Gasteiger charge is -2.37. The molecule has 1 saturated heterocycles. The molecular weight excluding hydrogens is 302 g/mol. The lowest BCUT2D eigenvalue weighted by atomic mass is 9.78. The topological polar surface area (TPSA) is 62.2 Å². The number of nitrogens with zero attached hydrogens (tertiary/aromatic N) is 3. The number of nitrogens with one attached hydrogen (secondary N) is 2. The van der Waals surface area contributed by atoms with E-state index in [0.717, 1.165) is 31.9 Å². The molecule has 24 heavy (non-hydrogen) atoms. The molecule has 2 fully saturated rings. The average molecular weight is 333 g/mol. The Hall–Kier alpha value is -1.40. The van der Waals surface area contributed by atoms with Gasteiger partial charge in [0.05, 0.1) is 12.6 Å². The summed E-state index contributed by atoms with van der Waals surface area (Å²) < 4.78 is 2.05. The number of amides is 1. The van der Waals surface area contributed by atoms with E-state index in [1.165, 1.54) is 12.8 Å². The molecule has 3 rings (SSSR count). The number of carbonyl (C=O) groups excluding carboxylic acids is 1. The van der Waals surface area contributed by atoms with Crippen molar-refractivity contribution in [2.45, 2.75) is 45.2 Å². The SMILES string of the molecule is CC1CCCC(NC(=O)CN2CCNCC2c2nccn2C)C1C. The van der Waals surface area contributed by atoms with Gasteiger partial charge in [0.25, 0.3) is 0 Å². The standard InChI is InChI=1S/C18H31N5O/c1-13-5-4-6-15(14(13)2)21-17(24)12-23-10-7-19-11-16(23)18-20-8-9-22(18)3/h8-9,13-16,19H,4-7,10-12H2,1-3H3,(H,21,24). The number of imidazole rings is 1. The van der Waals surface area contributed by atoms with Gasteiger partial charge in [0.15, 0.2) is 0 Å². The van der Waals surface area contributed by atoms with Gasteiger partial charge in [-0.05, 0) is 18.3 Å². The monoisotopic (exact) mass is 333 g/mol. The van der Waals surface area contributed by atoms with Crippen LogP contribution in [0.2, 0.25) is 0 Å². The van der Waals surface area contributed by atoms with Crippen LogP contribution in [0.5, 0.6) is 0 Å². The quantitative estimate of drug-likeness (QED) is 0.872. The van der Waals surface area contributed by atoms with Crippen LogP contribution in [0.15, 0.2) is 12.4 Å². The van der Waals surface area contributed by atoms with Gasteiger partial charge in [0.2, 0.25) is 5.91 Å². The minimum Gasteiger partial charge on any atom is -0.352 e. The average Bonchev–Trinajstić information content (AvgIpc) is 2.98. The Balaban J connectivity index is 1.61. The first kappa shape index (κ1) is 17.4. The van der Waals surface area contributed by atoms with Crippen LogP contribution in [0, 0.1) is 11.8 Å². The van der Waals surface area contributed by atoms with E-state index in [2.05, 4.69) is 34.4 Å². The van der Waals surface area contributed by atoms with E-state index in [1.807, 2.05) is 24.0 Å². The van der Waals surface area contributed by atoms with Gasteiger partial charge >= 0.3 is 0 Å². The zero-order chi connectivity index (χ0) is 17.1. The summed E-state index contributed by atoms with van der Waals surface area (Å²) in [6, 6.07) is 0.489. The fraction of sp³-hybridized carbons (Fsp3) is 0.778. The third-order valence-electron chi connectivity index (χ3n) is 5.91. The fourth-order valence-corrected chi connectivity index (χ4v) is 4.11. The van der Waals surface area contributed by atoms with Crippen molar-refractivity contribution in [1.82, 2.24) is 25.1 Å². The fourth-order valence-electron chi connectivity index (χ4n) is 4.11. The molecule has 0 bridgehead atoms. The Kier molecular flexibility index (Phi) is 5.56. The third kappa shape index (κ3) is 3.81. The highest BCUT2D eigenvalue weighted by atomic mass is 16.2. The largest absolute Gasteiger partial charge is 0.352 e. The first-order valence-corrected chi connectivity index (χ1v) is 9.27. The van der Waals surface area contributed by atoms with Crippen molar-refractivity contribution < 1.29 is 4.79 Å². The molecule has 1 saturated carbocycles. The molecule has 6 nitrogen and oxygen atoms in total. The van der Waals surface area contributed by atoms with Crippen molar-refractivity contribution in [1.29, 1.82) is 0 Å². The van der Waals surface area contributed by atoms with Crippen molar-refractivity contribution >= 4 is 5.91 Å². The molecule has 1 amide bonds. The van der Waals surface area contributed by atoms with E-state index >= 15 is 0 Å². The second kappa shape index (κ2) is 7.66. The van der Waals surface area contributed by atoms with E-state index in [1.54, 1.807) is 0 Å². The van der Waals surface area contributed by atoms with Crippen molar-refractivity contribution in [3.05, 3.63) is 18.2 Å². The summed E-state index contributed by atoms with van der Waals surface area (Å²) in [6.45, 7) is 7.67. The lowest BCUT2D eigenvalue weighted by molar-refractivity contribution is -0.124. The van der Waals surface area contributed by atoms with Crippen LogP contribution in [0.25, 0.3) is 0 Å². The molecule has 0 radical (unpaired) electrons. The highest BCUT2D eigenvalue weighted by Gasteiger charge is 2.31. The van der Waals surface area contributed by atoms with Crippen LogP contribution < -0.4 is 10.6 Å². The Bertz CT molecular complexity index is 557. The molecule has 1 aromatic rings. The van der Waals surface area contributed by atoms with Crippen molar-refractivity contribution in [2.75, 3.05) is 26.2 Å². The minimum atomic E-state index is 0.155. The summed E-state index contributed by atoms with van der Waals surface area (Å²) in [7, 11) is 2.01. The number of rotatable bonds is 4. The number of piperazine rings is 1. The molecule has 1 aliphatic heterocycles. The Morgan fingerprint density at radius 3 is 3.00 bits per heavy atom. The highest BCUT2D eigenvalue weighted by Crippen LogP contribution is 2.29. The predicted molar refractivity (Wildman–Crippen MR) is 94.5 cm³/mol. The van der Waals surface area contributed by atoms with Gasteiger partial charge in [0.1, 0.15) is 5.82 Å². The van der Waals surface area contributed by atoms with E-state index in [9.17, 15) is 4.79 Å². The van der Waals surface area contributed by atoms with Gasteiger partial charge in [-0.25, -0.2) is 4.98 Å². The summed E-state index contributed by atoms with van der Waals surface area (Å²) in [6.07, 6.45) is 7.41. The molecule has 1 aromatic heterocycles. The second-order valence-corrected chi connectivity index (χ2v) is 7.53. The summed E-state index contributed by atoms with van der Waals surface area (Å²) in [5, 5.41) is 6.72. The molecule has 134 valence electrons. The van der Waals surface area contributed by atoms with Crippen molar-refractivity contribution in [3.8, 4) is 0 Å². The zero-order valence-corrected chi connectivity index (χ0v) is 15.2. The zero-order valence-electron chi connectivity index (χ0n) is 15.2. The molecule has 2 N–H and O–H groups in total. The third-order valence-corrected chi connectivity index (χ3v) is 5.91. The number of aromatic nitrogens is 2. The van der Waals surface area contributed by atoms with Gasteiger partial charge in [-0.15, -0.1) is 0 Å². The van der Waals surface area contributed by atoms with Crippen LogP contribution in [-0.2, 0) is 11.8 Å². The summed E-state index contributed by atoms with van der Waals surface area (Å²) in [5.41, 5.74) is 0. The molecule has 0 spiro atoms. The van der Waals surface area contributed by atoms with Crippen LogP contribution in [0.1, 0.15) is 45.0 Å². The lowest BCUT2D eigenvalue weighted by Crippen LogP contribution is -2.52. The molecule has 4 unspecified atom stereocenters. The first-order valence-electron chi connectivity index (χ1n) is 9.27. The van der Waals surface area contributed by atoms with E-state index in [4.69, 9.17) is 0 Å². The maximum absolute atomic E-state index is 12.6. The predicted octanol–water partition coefficient (Wildman–Crippen LogP) is 1.31. The first-order chi connectivity index (χ1) is 11.6. The normalized spacial score (nSPS) is 31.8. The Morgan fingerprint density at radius 1 is 1.42 bits per heavy atom. The van der Waals surface area contributed by atoms with Gasteiger partial charge in [-0.2, -0.15) is 0 Å². The Labute approximate surface area is 145 Å². The highest BCUT2D eigenvalue weighted by molar-refractivity contribution is 5.78. The minimum absolute atomic E-state index is 0.155. The maximum atomic E-state index is 12.6. The molecule has 6 heteroatoms. The number of hydrogen-bond donors (Lipinski definition) is 2. The molecular formula is C18H31N5O. The molecule has 0 aromatic carbocycles. The van der Waals surface area contributed by atoms with Crippen LogP contribution in [0.4, 0.5) is 0 Å². The van der Waals surface area contributed by atoms with Crippen LogP contribution in [0.3, 0.4) is 0 Å². The van der Waals surface area contributed by atoms with Gasteiger partial charge in [0, 0.05) is 45.1 Å². The van der Waals surface area contributed by atoms with Gasteiger partial charge in [-0.1, -0.05) is 26.7 Å². The van der Waals surface area contributed by atoms with E-state index < -0.39 is 0 Å². The molecule has 2 heterocycles. The molecule has 2 aliphatic rings. The Morgan fingerprint density at radius 2 is 2.25 bits per heavy atom. The van der Waals surface area contributed by atoms with Gasteiger partial charge in [-0.3, -0.25) is 9.69 Å². The number of aryl methyl sites for hydroxylation is 1. The van der Waals surface area contributed by atoms with Crippen LogP contribution >= 0.6 is 0 Å². The number of carbonyl (C=O) groups is 1. The van der Waals surface area contributed by atoms with Crippen LogP contribution in [-0.4, -0.2) is 52.6 Å². The van der Waals surface area contributed by atoms with E-state index in [0.29, 0.717) is 24.4 Å². The molecule has 4 atom stereocenters.